The van der Waals surface area contributed by atoms with Gasteiger partial charge in [-0.15, -0.1) is 0 Å². The van der Waals surface area contributed by atoms with E-state index in [1.165, 1.54) is 14.7 Å². The maximum Gasteiger partial charge on any atom is 0.471 e. The summed E-state index contributed by atoms with van der Waals surface area (Å²) in [6.45, 7) is 2.19. The SMILES string of the molecule is C[C@@H](CC1(c2noc(C(F)(F)F)n2)c2ccc(C(=O)N(C)C)cc2CCc2cc(C(=O)N(C)C)ccc21)NCC(=O)N1CCC[C@H]1C#N. The van der Waals surface area contributed by atoms with Crippen LogP contribution in [0.25, 0.3) is 0 Å². The normalized spacial score (nSPS) is 17.5. The number of amides is 3. The maximum atomic E-state index is 13.9. The zero-order chi connectivity index (χ0) is 35.0. The molecule has 3 aromatic rings. The first-order valence-corrected chi connectivity index (χ1v) is 15.7. The van der Waals surface area contributed by atoms with Crippen LogP contribution in [0.5, 0.6) is 0 Å². The lowest BCUT2D eigenvalue weighted by Gasteiger charge is -2.36. The van der Waals surface area contributed by atoms with Gasteiger partial charge in [-0.05, 0) is 85.5 Å². The van der Waals surface area contributed by atoms with Gasteiger partial charge in [0.15, 0.2) is 5.82 Å². The van der Waals surface area contributed by atoms with Crippen molar-refractivity contribution in [2.24, 2.45) is 0 Å². The fraction of sp³-hybridized carbons (Fsp3) is 0.471. The first-order chi connectivity index (χ1) is 22.7. The molecule has 1 saturated heterocycles. The standard InChI is InChI=1S/C34H38F3N7O4/c1-20(39-19-28(45)44-14-6-7-25(44)18-38)17-33(31-40-32(48-41-31)34(35,36)37)26-12-10-23(29(46)42(2)3)15-21(26)8-9-22-16-24(11-13-27(22)33)30(47)43(4)5/h10-13,15-16,20,25,39H,6-9,14,17,19H2,1-5H3/t20-,25-/m0/s1. The van der Waals surface area contributed by atoms with Gasteiger partial charge in [0.1, 0.15) is 6.04 Å². The van der Waals surface area contributed by atoms with Gasteiger partial charge < -0.3 is 24.5 Å². The van der Waals surface area contributed by atoms with E-state index in [2.05, 4.69) is 21.5 Å². The van der Waals surface area contributed by atoms with Gasteiger partial charge in [-0.25, -0.2) is 0 Å². The Morgan fingerprint density at radius 3 is 2.08 bits per heavy atom. The minimum atomic E-state index is -4.91. The molecule has 1 aliphatic heterocycles. The molecule has 14 heteroatoms. The van der Waals surface area contributed by atoms with Crippen LogP contribution in [0.15, 0.2) is 40.9 Å². The van der Waals surface area contributed by atoms with Crippen molar-refractivity contribution >= 4 is 17.7 Å². The van der Waals surface area contributed by atoms with Crippen molar-refractivity contribution in [2.75, 3.05) is 41.3 Å². The minimum absolute atomic E-state index is 0.0841. The van der Waals surface area contributed by atoms with Crippen LogP contribution in [0.1, 0.15) is 80.9 Å². The summed E-state index contributed by atoms with van der Waals surface area (Å²) in [6.07, 6.45) is -2.67. The topological polar surface area (TPSA) is 136 Å². The Balaban J connectivity index is 1.68. The Labute approximate surface area is 276 Å². The van der Waals surface area contributed by atoms with Crippen molar-refractivity contribution in [1.82, 2.24) is 30.2 Å². The molecule has 1 N–H and O–H groups in total. The third-order valence-corrected chi connectivity index (χ3v) is 9.09. The number of aromatic nitrogens is 2. The highest BCUT2D eigenvalue weighted by molar-refractivity contribution is 5.95. The molecule has 3 amide bonds. The molecule has 1 fully saturated rings. The number of hydrogen-bond acceptors (Lipinski definition) is 8. The van der Waals surface area contributed by atoms with Crippen LogP contribution in [-0.4, -0.2) is 95.9 Å². The highest BCUT2D eigenvalue weighted by Crippen LogP contribution is 2.48. The van der Waals surface area contributed by atoms with E-state index < -0.39 is 29.6 Å². The largest absolute Gasteiger partial charge is 0.471 e. The van der Waals surface area contributed by atoms with E-state index in [4.69, 9.17) is 4.52 Å². The predicted molar refractivity (Wildman–Crippen MR) is 168 cm³/mol. The number of carbonyl (C=O) groups is 3. The summed E-state index contributed by atoms with van der Waals surface area (Å²) in [4.78, 5) is 47.4. The summed E-state index contributed by atoms with van der Waals surface area (Å²) in [7, 11) is 6.52. The molecule has 2 atom stereocenters. The zero-order valence-electron chi connectivity index (χ0n) is 27.5. The van der Waals surface area contributed by atoms with Gasteiger partial charge in [-0.3, -0.25) is 14.4 Å². The van der Waals surface area contributed by atoms with Crippen molar-refractivity contribution in [3.63, 3.8) is 0 Å². The van der Waals surface area contributed by atoms with Crippen molar-refractivity contribution in [1.29, 1.82) is 5.26 Å². The van der Waals surface area contributed by atoms with E-state index in [1.807, 2.05) is 6.92 Å². The first-order valence-electron chi connectivity index (χ1n) is 15.7. The number of nitrogens with one attached hydrogen (secondary N) is 1. The smallest absolute Gasteiger partial charge is 0.345 e. The third kappa shape index (κ3) is 6.51. The molecular weight excluding hydrogens is 627 g/mol. The van der Waals surface area contributed by atoms with Crippen molar-refractivity contribution in [3.05, 3.63) is 81.5 Å². The molecule has 5 rings (SSSR count). The number of nitrogens with zero attached hydrogens (tertiary/aromatic N) is 6. The summed E-state index contributed by atoms with van der Waals surface area (Å²) < 4.78 is 46.6. The molecule has 0 radical (unpaired) electrons. The first kappa shape index (κ1) is 34.6. The van der Waals surface area contributed by atoms with Gasteiger partial charge >= 0.3 is 12.1 Å². The van der Waals surface area contributed by atoms with Gasteiger partial charge in [-0.1, -0.05) is 17.3 Å². The van der Waals surface area contributed by atoms with E-state index >= 15 is 0 Å². The highest BCUT2D eigenvalue weighted by Gasteiger charge is 2.48. The third-order valence-electron chi connectivity index (χ3n) is 9.09. The van der Waals surface area contributed by atoms with Gasteiger partial charge in [-0.2, -0.15) is 23.4 Å². The highest BCUT2D eigenvalue weighted by atomic mass is 19.4. The summed E-state index contributed by atoms with van der Waals surface area (Å²) in [5, 5.41) is 16.6. The van der Waals surface area contributed by atoms with Gasteiger partial charge in [0.2, 0.25) is 5.91 Å². The lowest BCUT2D eigenvalue weighted by Crippen LogP contribution is -2.45. The number of hydrogen-bond donors (Lipinski definition) is 1. The molecule has 1 aliphatic carbocycles. The number of benzene rings is 2. The zero-order valence-corrected chi connectivity index (χ0v) is 27.5. The van der Waals surface area contributed by atoms with E-state index in [-0.39, 0.29) is 36.5 Å². The van der Waals surface area contributed by atoms with Crippen molar-refractivity contribution in [3.8, 4) is 6.07 Å². The van der Waals surface area contributed by atoms with Gasteiger partial charge in [0, 0.05) is 51.9 Å². The van der Waals surface area contributed by atoms with Gasteiger partial charge in [0.05, 0.1) is 18.0 Å². The Morgan fingerprint density at radius 1 is 1.04 bits per heavy atom. The molecule has 254 valence electrons. The van der Waals surface area contributed by atoms with Crippen LogP contribution in [0, 0.1) is 11.3 Å². The minimum Gasteiger partial charge on any atom is -0.345 e. The van der Waals surface area contributed by atoms with Crippen LogP contribution < -0.4 is 5.32 Å². The van der Waals surface area contributed by atoms with Gasteiger partial charge in [0.25, 0.3) is 11.8 Å². The molecule has 11 nitrogen and oxygen atoms in total. The molecule has 2 aliphatic rings. The number of halogens is 3. The average molecular weight is 666 g/mol. The van der Waals surface area contributed by atoms with Crippen molar-refractivity contribution < 1.29 is 32.1 Å². The van der Waals surface area contributed by atoms with Crippen LogP contribution in [-0.2, 0) is 29.2 Å². The summed E-state index contributed by atoms with van der Waals surface area (Å²) in [6, 6.07) is 11.4. The second-order valence-electron chi connectivity index (χ2n) is 12.8. The molecule has 48 heavy (non-hydrogen) atoms. The Hall–Kier alpha value is -4.77. The van der Waals surface area contributed by atoms with E-state index in [1.54, 1.807) is 64.6 Å². The summed E-state index contributed by atoms with van der Waals surface area (Å²) >= 11 is 0. The average Bonchev–Trinajstić information content (AvgIpc) is 3.73. The lowest BCUT2D eigenvalue weighted by atomic mass is 9.67. The maximum absolute atomic E-state index is 13.9. The molecule has 0 bridgehead atoms. The van der Waals surface area contributed by atoms with E-state index in [0.29, 0.717) is 59.2 Å². The number of aryl methyl sites for hydroxylation is 2. The number of nitriles is 1. The number of rotatable bonds is 8. The monoisotopic (exact) mass is 665 g/mol. The Morgan fingerprint density at radius 2 is 1.60 bits per heavy atom. The Kier molecular flexibility index (Phi) is 9.64. The molecule has 1 aromatic heterocycles. The van der Waals surface area contributed by atoms with E-state index in [0.717, 1.165) is 6.42 Å². The number of alkyl halides is 3. The molecular formula is C34H38F3N7O4. The van der Waals surface area contributed by atoms with Crippen LogP contribution in [0.2, 0.25) is 0 Å². The van der Waals surface area contributed by atoms with Crippen LogP contribution in [0.3, 0.4) is 0 Å². The van der Waals surface area contributed by atoms with Crippen LogP contribution >= 0.6 is 0 Å². The molecule has 2 heterocycles. The number of carbonyl (C=O) groups excluding carboxylic acids is 3. The van der Waals surface area contributed by atoms with E-state index in [9.17, 15) is 32.8 Å². The number of likely N-dealkylation sites (tertiary alicyclic amines) is 1. The molecule has 0 spiro atoms. The second-order valence-corrected chi connectivity index (χ2v) is 12.8. The lowest BCUT2D eigenvalue weighted by molar-refractivity contribution is -0.159. The molecule has 0 saturated carbocycles. The Bertz CT molecular complexity index is 1690. The fourth-order valence-electron chi connectivity index (χ4n) is 6.79. The molecule has 2 aromatic carbocycles. The number of fused-ring (bicyclic) bond motifs is 2. The quantitative estimate of drug-likeness (QED) is 0.384. The summed E-state index contributed by atoms with van der Waals surface area (Å²) in [5.74, 6) is -2.47. The summed E-state index contributed by atoms with van der Waals surface area (Å²) in [5.41, 5.74) is 1.93. The van der Waals surface area contributed by atoms with Crippen LogP contribution in [0.4, 0.5) is 13.2 Å². The second kappa shape index (κ2) is 13.4. The molecule has 0 unspecified atom stereocenters. The fourth-order valence-corrected chi connectivity index (χ4v) is 6.79. The van der Waals surface area contributed by atoms with Crippen molar-refractivity contribution in [2.45, 2.75) is 62.7 Å². The predicted octanol–water partition coefficient (Wildman–Crippen LogP) is 3.81.